The molecule has 0 spiro atoms. The van der Waals surface area contributed by atoms with E-state index < -0.39 is 0 Å². The zero-order valence-electron chi connectivity index (χ0n) is 12.1. The van der Waals surface area contributed by atoms with Gasteiger partial charge in [-0.15, -0.1) is 0 Å². The van der Waals surface area contributed by atoms with Crippen LogP contribution in [0.2, 0.25) is 0 Å². The molecule has 2 atom stereocenters. The van der Waals surface area contributed by atoms with E-state index in [1.165, 1.54) is 6.42 Å². The summed E-state index contributed by atoms with van der Waals surface area (Å²) in [5.41, 5.74) is 0.351. The molecule has 2 unspecified atom stereocenters. The quantitative estimate of drug-likeness (QED) is 0.769. The van der Waals surface area contributed by atoms with E-state index in [2.05, 4.69) is 37.9 Å². The predicted octanol–water partition coefficient (Wildman–Crippen LogP) is 1.74. The Labute approximate surface area is 110 Å². The first kappa shape index (κ1) is 12.5. The lowest BCUT2D eigenvalue weighted by Gasteiger charge is -2.35. The maximum Gasteiger partial charge on any atom is 0.226 e. The van der Waals surface area contributed by atoms with Crippen molar-refractivity contribution < 1.29 is 4.79 Å². The molecule has 1 aliphatic carbocycles. The first-order valence-corrected chi connectivity index (χ1v) is 7.35. The van der Waals surface area contributed by atoms with Gasteiger partial charge in [-0.1, -0.05) is 27.7 Å². The number of piperidine rings is 1. The molecule has 3 rings (SSSR count). The second-order valence-electron chi connectivity index (χ2n) is 7.63. The van der Waals surface area contributed by atoms with Gasteiger partial charge in [-0.25, -0.2) is 0 Å². The highest BCUT2D eigenvalue weighted by Gasteiger charge is 2.68. The standard InChI is InChI=1S/C15H26N2O/c1-14(2)12(15(14,3)4)13(18)17-6-5-10-7-16-8-11(10)9-17/h10-12,16H,5-9H2,1-4H3. The van der Waals surface area contributed by atoms with Crippen molar-refractivity contribution in [1.29, 1.82) is 0 Å². The Morgan fingerprint density at radius 2 is 1.72 bits per heavy atom. The summed E-state index contributed by atoms with van der Waals surface area (Å²) in [6.45, 7) is 13.2. The normalized spacial score (nSPS) is 37.4. The Balaban J connectivity index is 1.68. The fraction of sp³-hybridized carbons (Fsp3) is 0.933. The van der Waals surface area contributed by atoms with Crippen molar-refractivity contribution in [3.8, 4) is 0 Å². The third-order valence-electron chi connectivity index (χ3n) is 6.28. The van der Waals surface area contributed by atoms with E-state index >= 15 is 0 Å². The van der Waals surface area contributed by atoms with Crippen LogP contribution in [0.5, 0.6) is 0 Å². The van der Waals surface area contributed by atoms with Crippen molar-refractivity contribution in [2.24, 2.45) is 28.6 Å². The Morgan fingerprint density at radius 3 is 2.33 bits per heavy atom. The zero-order valence-corrected chi connectivity index (χ0v) is 12.1. The van der Waals surface area contributed by atoms with Gasteiger partial charge in [0.05, 0.1) is 0 Å². The molecule has 2 aliphatic heterocycles. The van der Waals surface area contributed by atoms with Crippen LogP contribution in [0.4, 0.5) is 0 Å². The number of carbonyl (C=O) groups excluding carboxylic acids is 1. The van der Waals surface area contributed by atoms with Crippen molar-refractivity contribution in [2.75, 3.05) is 26.2 Å². The summed E-state index contributed by atoms with van der Waals surface area (Å²) in [7, 11) is 0. The molecule has 1 saturated carbocycles. The number of hydrogen-bond donors (Lipinski definition) is 1. The highest BCUT2D eigenvalue weighted by molar-refractivity contribution is 5.84. The van der Waals surface area contributed by atoms with Crippen molar-refractivity contribution in [3.05, 3.63) is 0 Å². The molecular formula is C15H26N2O. The average molecular weight is 250 g/mol. The monoisotopic (exact) mass is 250 g/mol. The van der Waals surface area contributed by atoms with Crippen LogP contribution in [-0.2, 0) is 4.79 Å². The van der Waals surface area contributed by atoms with Gasteiger partial charge in [-0.05, 0) is 42.2 Å². The fourth-order valence-corrected chi connectivity index (χ4v) is 4.23. The van der Waals surface area contributed by atoms with Crippen molar-refractivity contribution in [1.82, 2.24) is 10.2 Å². The number of hydrogen-bond acceptors (Lipinski definition) is 2. The maximum atomic E-state index is 12.7. The Kier molecular flexibility index (Phi) is 2.58. The van der Waals surface area contributed by atoms with Crippen LogP contribution in [0.25, 0.3) is 0 Å². The van der Waals surface area contributed by atoms with Crippen LogP contribution < -0.4 is 5.32 Å². The molecule has 3 heteroatoms. The summed E-state index contributed by atoms with van der Waals surface area (Å²) >= 11 is 0. The molecule has 0 radical (unpaired) electrons. The fourth-order valence-electron chi connectivity index (χ4n) is 4.23. The topological polar surface area (TPSA) is 32.3 Å². The molecule has 3 nitrogen and oxygen atoms in total. The van der Waals surface area contributed by atoms with Crippen molar-refractivity contribution in [2.45, 2.75) is 34.1 Å². The molecular weight excluding hydrogens is 224 g/mol. The smallest absolute Gasteiger partial charge is 0.226 e. The van der Waals surface area contributed by atoms with Gasteiger partial charge in [0.25, 0.3) is 0 Å². The molecule has 1 N–H and O–H groups in total. The average Bonchev–Trinajstić information content (AvgIpc) is 2.69. The number of nitrogens with one attached hydrogen (secondary N) is 1. The first-order chi connectivity index (χ1) is 8.35. The van der Waals surface area contributed by atoms with E-state index in [4.69, 9.17) is 0 Å². The molecule has 0 aromatic heterocycles. The summed E-state index contributed by atoms with van der Waals surface area (Å²) in [6.07, 6.45) is 1.19. The number of nitrogens with zero attached hydrogens (tertiary/aromatic N) is 1. The van der Waals surface area contributed by atoms with E-state index in [1.54, 1.807) is 0 Å². The highest BCUT2D eigenvalue weighted by Crippen LogP contribution is 2.68. The van der Waals surface area contributed by atoms with Crippen LogP contribution in [0.15, 0.2) is 0 Å². The molecule has 2 saturated heterocycles. The van der Waals surface area contributed by atoms with Gasteiger partial charge in [0.15, 0.2) is 0 Å². The van der Waals surface area contributed by atoms with Crippen LogP contribution in [0, 0.1) is 28.6 Å². The van der Waals surface area contributed by atoms with Crippen LogP contribution >= 0.6 is 0 Å². The summed E-state index contributed by atoms with van der Waals surface area (Å²) in [5, 5.41) is 3.46. The van der Waals surface area contributed by atoms with Crippen LogP contribution in [-0.4, -0.2) is 37.0 Å². The van der Waals surface area contributed by atoms with Crippen LogP contribution in [0.1, 0.15) is 34.1 Å². The Hall–Kier alpha value is -0.570. The first-order valence-electron chi connectivity index (χ1n) is 7.35. The molecule has 0 bridgehead atoms. The molecule has 3 aliphatic rings. The van der Waals surface area contributed by atoms with Crippen LogP contribution in [0.3, 0.4) is 0 Å². The molecule has 3 fully saturated rings. The third-order valence-corrected chi connectivity index (χ3v) is 6.28. The van der Waals surface area contributed by atoms with E-state index in [9.17, 15) is 4.79 Å². The molecule has 1 amide bonds. The van der Waals surface area contributed by atoms with Crippen molar-refractivity contribution in [3.63, 3.8) is 0 Å². The van der Waals surface area contributed by atoms with Gasteiger partial charge in [0, 0.05) is 19.0 Å². The lowest BCUT2D eigenvalue weighted by Crippen LogP contribution is -2.44. The zero-order chi connectivity index (χ0) is 13.1. The number of carbonyl (C=O) groups is 1. The minimum absolute atomic E-state index is 0.175. The number of amides is 1. The second-order valence-corrected chi connectivity index (χ2v) is 7.63. The van der Waals surface area contributed by atoms with Gasteiger partial charge in [-0.2, -0.15) is 0 Å². The van der Waals surface area contributed by atoms with Gasteiger partial charge in [0.2, 0.25) is 5.91 Å². The minimum atomic E-state index is 0.175. The maximum absolute atomic E-state index is 12.7. The van der Waals surface area contributed by atoms with Gasteiger partial charge in [-0.3, -0.25) is 4.79 Å². The van der Waals surface area contributed by atoms with Gasteiger partial charge < -0.3 is 10.2 Å². The number of fused-ring (bicyclic) bond motifs is 1. The summed E-state index contributed by atoms with van der Waals surface area (Å²) in [6, 6.07) is 0. The summed E-state index contributed by atoms with van der Waals surface area (Å²) < 4.78 is 0. The SMILES string of the molecule is CC1(C)C(C(=O)N2CCC3CNCC3C2)C1(C)C. The predicted molar refractivity (Wildman–Crippen MR) is 72.1 cm³/mol. The summed E-state index contributed by atoms with van der Waals surface area (Å²) in [4.78, 5) is 14.8. The van der Waals surface area contributed by atoms with Gasteiger partial charge in [0.1, 0.15) is 0 Å². The summed E-state index contributed by atoms with van der Waals surface area (Å²) in [5.74, 6) is 2.16. The van der Waals surface area contributed by atoms with Crippen molar-refractivity contribution >= 4 is 5.91 Å². The lowest BCUT2D eigenvalue weighted by atomic mass is 9.88. The van der Waals surface area contributed by atoms with E-state index in [1.807, 2.05) is 0 Å². The molecule has 0 aromatic rings. The van der Waals surface area contributed by atoms with Gasteiger partial charge >= 0.3 is 0 Å². The Bertz CT molecular complexity index is 361. The third kappa shape index (κ3) is 1.56. The molecule has 18 heavy (non-hydrogen) atoms. The number of rotatable bonds is 1. The molecule has 0 aromatic carbocycles. The molecule has 102 valence electrons. The van der Waals surface area contributed by atoms with E-state index in [0.717, 1.165) is 32.1 Å². The molecule has 2 heterocycles. The van der Waals surface area contributed by atoms with E-state index in [-0.39, 0.29) is 16.7 Å². The minimum Gasteiger partial charge on any atom is -0.342 e. The Morgan fingerprint density at radius 1 is 1.11 bits per heavy atom. The van der Waals surface area contributed by atoms with E-state index in [0.29, 0.717) is 11.8 Å². The lowest BCUT2D eigenvalue weighted by molar-refractivity contribution is -0.136. The number of likely N-dealkylation sites (tertiary alicyclic amines) is 1. The highest BCUT2D eigenvalue weighted by atomic mass is 16.2. The largest absolute Gasteiger partial charge is 0.342 e. The second kappa shape index (κ2) is 3.72.